The van der Waals surface area contributed by atoms with Crippen LogP contribution in [0.15, 0.2) is 60.8 Å². The molecule has 0 fully saturated rings. The van der Waals surface area contributed by atoms with Crippen molar-refractivity contribution in [2.75, 3.05) is 4.90 Å². The van der Waals surface area contributed by atoms with Crippen LogP contribution >= 0.6 is 0 Å². The highest BCUT2D eigenvalue weighted by Gasteiger charge is 2.36. The van der Waals surface area contributed by atoms with E-state index in [-0.39, 0.29) is 6.42 Å². The van der Waals surface area contributed by atoms with Crippen molar-refractivity contribution in [3.05, 3.63) is 66.4 Å². The Labute approximate surface area is 164 Å². The number of pyridine rings is 1. The zero-order valence-corrected chi connectivity index (χ0v) is 16.3. The van der Waals surface area contributed by atoms with Gasteiger partial charge >= 0.3 is 0 Å². The number of para-hydroxylation sites is 2. The fourth-order valence-corrected chi connectivity index (χ4v) is 4.47. The molecule has 1 aliphatic heterocycles. The van der Waals surface area contributed by atoms with Gasteiger partial charge in [-0.15, -0.1) is 0 Å². The van der Waals surface area contributed by atoms with Gasteiger partial charge in [-0.05, 0) is 55.3 Å². The summed E-state index contributed by atoms with van der Waals surface area (Å²) in [4.78, 5) is 6.08. The number of fused-ring (bicyclic) bond motifs is 2. The molecule has 0 radical (unpaired) electrons. The maximum Gasteiger partial charge on any atom is 0.286 e. The molecule has 0 amide bonds. The zero-order valence-electron chi connectivity index (χ0n) is 15.5. The molecular weight excluding hydrogens is 376 g/mol. The Morgan fingerprint density at radius 1 is 1.07 bits per heavy atom. The molecule has 2 heterocycles. The standard InChI is InChI=1S/C21H20N2O4S/c1-3-20(28(24,25)26)23-16-8-4-5-9-18(16)27-19-11-10-15(13-17(19)23)21-14(2)7-6-12-22-21/h4-13,20H,3H2,1-2H3,(H,24,25,26). The lowest BCUT2D eigenvalue weighted by Gasteiger charge is -2.36. The number of hydrogen-bond acceptors (Lipinski definition) is 5. The van der Waals surface area contributed by atoms with E-state index in [1.54, 1.807) is 36.2 Å². The fraction of sp³-hybridized carbons (Fsp3) is 0.190. The average Bonchev–Trinajstić information content (AvgIpc) is 2.67. The molecule has 0 bridgehead atoms. The third-order valence-electron chi connectivity index (χ3n) is 4.83. The molecule has 1 aliphatic rings. The van der Waals surface area contributed by atoms with E-state index in [2.05, 4.69) is 4.98 Å². The molecule has 1 atom stereocenters. The van der Waals surface area contributed by atoms with Gasteiger partial charge in [0, 0.05) is 11.8 Å². The van der Waals surface area contributed by atoms with E-state index in [1.165, 1.54) is 0 Å². The third kappa shape index (κ3) is 3.12. The first-order valence-corrected chi connectivity index (χ1v) is 10.5. The SMILES string of the molecule is CCC(N1c2ccccc2Oc2ccc(-c3ncccc3C)cc21)S(=O)(=O)O. The highest BCUT2D eigenvalue weighted by Crippen LogP contribution is 2.49. The molecule has 144 valence electrons. The van der Waals surface area contributed by atoms with Crippen molar-refractivity contribution in [2.24, 2.45) is 0 Å². The molecule has 0 aliphatic carbocycles. The molecule has 1 aromatic heterocycles. The third-order valence-corrected chi connectivity index (χ3v) is 6.06. The van der Waals surface area contributed by atoms with Gasteiger partial charge in [-0.25, -0.2) is 0 Å². The van der Waals surface area contributed by atoms with Crippen molar-refractivity contribution in [3.63, 3.8) is 0 Å². The highest BCUT2D eigenvalue weighted by atomic mass is 32.2. The van der Waals surface area contributed by atoms with Gasteiger partial charge in [-0.1, -0.05) is 25.1 Å². The van der Waals surface area contributed by atoms with Gasteiger partial charge in [0.1, 0.15) is 0 Å². The molecule has 4 rings (SSSR count). The second-order valence-electron chi connectivity index (χ2n) is 6.67. The Hall–Kier alpha value is -2.90. The predicted molar refractivity (Wildman–Crippen MR) is 109 cm³/mol. The molecule has 28 heavy (non-hydrogen) atoms. The monoisotopic (exact) mass is 396 g/mol. The second kappa shape index (κ2) is 6.92. The minimum atomic E-state index is -4.33. The van der Waals surface area contributed by atoms with Crippen molar-refractivity contribution in [2.45, 2.75) is 25.6 Å². The molecule has 2 aromatic carbocycles. The fourth-order valence-electron chi connectivity index (χ4n) is 3.55. The van der Waals surface area contributed by atoms with Gasteiger partial charge < -0.3 is 9.64 Å². The summed E-state index contributed by atoms with van der Waals surface area (Å²) in [5, 5.41) is -1.13. The zero-order chi connectivity index (χ0) is 19.9. The van der Waals surface area contributed by atoms with Gasteiger partial charge in [-0.2, -0.15) is 8.42 Å². The largest absolute Gasteiger partial charge is 0.453 e. The number of hydrogen-bond donors (Lipinski definition) is 1. The number of anilines is 2. The molecule has 1 N–H and O–H groups in total. The number of rotatable bonds is 4. The van der Waals surface area contributed by atoms with Crippen molar-refractivity contribution < 1.29 is 17.7 Å². The summed E-state index contributed by atoms with van der Waals surface area (Å²) in [6, 6.07) is 16.6. The van der Waals surface area contributed by atoms with Crippen LogP contribution < -0.4 is 9.64 Å². The molecule has 0 saturated heterocycles. The van der Waals surface area contributed by atoms with Crippen LogP contribution in [0, 0.1) is 6.92 Å². The van der Waals surface area contributed by atoms with E-state index < -0.39 is 15.5 Å². The number of nitrogens with zero attached hydrogens (tertiary/aromatic N) is 2. The molecule has 6 nitrogen and oxygen atoms in total. The van der Waals surface area contributed by atoms with E-state index >= 15 is 0 Å². The number of aryl methyl sites for hydroxylation is 1. The van der Waals surface area contributed by atoms with Crippen LogP contribution in [0.5, 0.6) is 11.5 Å². The van der Waals surface area contributed by atoms with Gasteiger partial charge in [0.2, 0.25) is 0 Å². The highest BCUT2D eigenvalue weighted by molar-refractivity contribution is 7.86. The first-order chi connectivity index (χ1) is 13.4. The summed E-state index contributed by atoms with van der Waals surface area (Å²) in [6.07, 6.45) is 1.93. The van der Waals surface area contributed by atoms with E-state index in [4.69, 9.17) is 4.74 Å². The Morgan fingerprint density at radius 3 is 2.54 bits per heavy atom. The Morgan fingerprint density at radius 2 is 1.82 bits per heavy atom. The maximum absolute atomic E-state index is 12.2. The molecule has 3 aromatic rings. The first-order valence-electron chi connectivity index (χ1n) is 8.98. The summed E-state index contributed by atoms with van der Waals surface area (Å²) in [6.45, 7) is 3.70. The maximum atomic E-state index is 12.2. The molecule has 0 saturated carbocycles. The van der Waals surface area contributed by atoms with Crippen LogP contribution in [-0.4, -0.2) is 23.3 Å². The normalized spacial score (nSPS) is 14.0. The van der Waals surface area contributed by atoms with Gasteiger partial charge in [0.25, 0.3) is 10.1 Å². The summed E-state index contributed by atoms with van der Waals surface area (Å²) < 4.78 is 40.2. The minimum absolute atomic E-state index is 0.208. The van der Waals surface area contributed by atoms with Crippen LogP contribution in [0.3, 0.4) is 0 Å². The summed E-state index contributed by atoms with van der Waals surface area (Å²) in [7, 11) is -4.33. The van der Waals surface area contributed by atoms with Crippen LogP contribution in [0.4, 0.5) is 11.4 Å². The lowest BCUT2D eigenvalue weighted by atomic mass is 10.0. The first kappa shape index (κ1) is 18.5. The molecule has 0 spiro atoms. The van der Waals surface area contributed by atoms with Gasteiger partial charge in [-0.3, -0.25) is 9.54 Å². The Kier molecular flexibility index (Phi) is 4.56. The number of benzene rings is 2. The smallest absolute Gasteiger partial charge is 0.286 e. The summed E-state index contributed by atoms with van der Waals surface area (Å²) in [5.41, 5.74) is 3.83. The van der Waals surface area contributed by atoms with Crippen molar-refractivity contribution in [1.82, 2.24) is 4.98 Å². The molecular formula is C21H20N2O4S. The van der Waals surface area contributed by atoms with Gasteiger partial charge in [0.05, 0.1) is 17.1 Å². The van der Waals surface area contributed by atoms with Crippen LogP contribution in [0.25, 0.3) is 11.3 Å². The van der Waals surface area contributed by atoms with Crippen molar-refractivity contribution in [3.8, 4) is 22.8 Å². The predicted octanol–water partition coefficient (Wildman–Crippen LogP) is 4.92. The quantitative estimate of drug-likeness (QED) is 0.630. The van der Waals surface area contributed by atoms with Gasteiger partial charge in [0.15, 0.2) is 16.9 Å². The topological polar surface area (TPSA) is 79.7 Å². The van der Waals surface area contributed by atoms with Crippen molar-refractivity contribution in [1.29, 1.82) is 0 Å². The van der Waals surface area contributed by atoms with Crippen LogP contribution in [0.2, 0.25) is 0 Å². The van der Waals surface area contributed by atoms with E-state index in [9.17, 15) is 13.0 Å². The lowest BCUT2D eigenvalue weighted by Crippen LogP contribution is -2.38. The second-order valence-corrected chi connectivity index (χ2v) is 8.24. The van der Waals surface area contributed by atoms with E-state index in [0.29, 0.717) is 22.9 Å². The Bertz CT molecular complexity index is 1140. The number of ether oxygens (including phenoxy) is 1. The average molecular weight is 396 g/mol. The molecule has 7 heteroatoms. The summed E-state index contributed by atoms with van der Waals surface area (Å²) >= 11 is 0. The summed E-state index contributed by atoms with van der Waals surface area (Å²) in [5.74, 6) is 1.07. The minimum Gasteiger partial charge on any atom is -0.453 e. The van der Waals surface area contributed by atoms with Crippen LogP contribution in [-0.2, 0) is 10.1 Å². The Balaban J connectivity index is 1.94. The van der Waals surface area contributed by atoms with E-state index in [0.717, 1.165) is 16.8 Å². The number of aromatic nitrogens is 1. The van der Waals surface area contributed by atoms with E-state index in [1.807, 2.05) is 43.3 Å². The lowest BCUT2D eigenvalue weighted by molar-refractivity contribution is 0.451. The molecule has 1 unspecified atom stereocenters. The van der Waals surface area contributed by atoms with Crippen LogP contribution in [0.1, 0.15) is 18.9 Å². The van der Waals surface area contributed by atoms with Crippen molar-refractivity contribution >= 4 is 21.5 Å².